The number of halogens is 1. The normalized spacial score (nSPS) is 15.9. The lowest BCUT2D eigenvalue weighted by Gasteiger charge is -2.25. The van der Waals surface area contributed by atoms with Gasteiger partial charge in [0.05, 0.1) is 11.6 Å². The summed E-state index contributed by atoms with van der Waals surface area (Å²) in [6.07, 6.45) is 0. The molecule has 5 heteroatoms. The molecule has 1 aliphatic rings. The van der Waals surface area contributed by atoms with Crippen LogP contribution in [0.4, 0.5) is 5.82 Å². The third-order valence-corrected chi connectivity index (χ3v) is 3.26. The maximum atomic E-state index is 11.6. The van der Waals surface area contributed by atoms with Crippen molar-refractivity contribution in [3.63, 3.8) is 0 Å². The second kappa shape index (κ2) is 4.28. The van der Waals surface area contributed by atoms with Crippen LogP contribution in [0.2, 0.25) is 0 Å². The first-order chi connectivity index (χ1) is 7.16. The predicted molar refractivity (Wildman–Crippen MR) is 61.7 cm³/mol. The fourth-order valence-corrected chi connectivity index (χ4v) is 1.54. The summed E-state index contributed by atoms with van der Waals surface area (Å²) < 4.78 is 0.950. The van der Waals surface area contributed by atoms with Gasteiger partial charge in [0.2, 0.25) is 5.91 Å². The minimum Gasteiger partial charge on any atom is -0.315 e. The van der Waals surface area contributed by atoms with E-state index < -0.39 is 0 Å². The lowest BCUT2D eigenvalue weighted by molar-refractivity contribution is -0.121. The van der Waals surface area contributed by atoms with Crippen LogP contribution in [-0.2, 0) is 4.79 Å². The third kappa shape index (κ3) is 2.35. The predicted octanol–water partition coefficient (Wildman–Crippen LogP) is 1.31. The van der Waals surface area contributed by atoms with Crippen molar-refractivity contribution in [1.82, 2.24) is 10.3 Å². The summed E-state index contributed by atoms with van der Waals surface area (Å²) in [6.45, 7) is 3.42. The smallest absolute Gasteiger partial charge is 0.231 e. The van der Waals surface area contributed by atoms with Crippen molar-refractivity contribution in [1.29, 1.82) is 0 Å². The van der Waals surface area contributed by atoms with E-state index in [1.165, 1.54) is 0 Å². The molecule has 1 aromatic rings. The lowest BCUT2D eigenvalue weighted by atomic mass is 10.0. The molecule has 1 saturated heterocycles. The minimum absolute atomic E-state index is 0.0444. The molecule has 1 fully saturated rings. The Bertz CT molecular complexity index is 390. The Morgan fingerprint density at radius 3 is 2.87 bits per heavy atom. The first-order valence-corrected chi connectivity index (χ1v) is 5.61. The van der Waals surface area contributed by atoms with Crippen LogP contribution in [0, 0.1) is 12.8 Å². The van der Waals surface area contributed by atoms with E-state index in [1.54, 1.807) is 6.07 Å². The van der Waals surface area contributed by atoms with Crippen molar-refractivity contribution in [2.45, 2.75) is 6.92 Å². The van der Waals surface area contributed by atoms with Crippen molar-refractivity contribution in [3.8, 4) is 0 Å². The van der Waals surface area contributed by atoms with Crippen molar-refractivity contribution in [2.24, 2.45) is 5.92 Å². The number of hydrogen-bond donors (Lipinski definition) is 2. The summed E-state index contributed by atoms with van der Waals surface area (Å²) in [5, 5.41) is 5.86. The topological polar surface area (TPSA) is 54.0 Å². The number of carbonyl (C=O) groups is 1. The molecule has 2 rings (SSSR count). The molecule has 1 aromatic heterocycles. The summed E-state index contributed by atoms with van der Waals surface area (Å²) in [5.41, 5.74) is 0.875. The molecule has 0 spiro atoms. The number of aromatic nitrogens is 1. The van der Waals surface area contributed by atoms with Crippen LogP contribution in [0.3, 0.4) is 0 Å². The first-order valence-electron chi connectivity index (χ1n) is 4.81. The molecule has 4 nitrogen and oxygen atoms in total. The van der Waals surface area contributed by atoms with E-state index in [9.17, 15) is 4.79 Å². The van der Waals surface area contributed by atoms with E-state index in [4.69, 9.17) is 0 Å². The number of carbonyl (C=O) groups excluding carboxylic acids is 1. The highest BCUT2D eigenvalue weighted by Crippen LogP contribution is 2.17. The average molecular weight is 270 g/mol. The Balaban J connectivity index is 2.03. The van der Waals surface area contributed by atoms with E-state index in [0.717, 1.165) is 23.3 Å². The molecule has 0 saturated carbocycles. The van der Waals surface area contributed by atoms with Gasteiger partial charge < -0.3 is 10.6 Å². The SMILES string of the molecule is Cc1nc(NC(=O)C2CNC2)ccc1Br. The van der Waals surface area contributed by atoms with Crippen LogP contribution in [-0.4, -0.2) is 24.0 Å². The fourth-order valence-electron chi connectivity index (χ4n) is 1.32. The van der Waals surface area contributed by atoms with Gasteiger partial charge in [-0.25, -0.2) is 4.98 Å². The molecule has 15 heavy (non-hydrogen) atoms. The van der Waals surface area contributed by atoms with Gasteiger partial charge >= 0.3 is 0 Å². The first kappa shape index (κ1) is 10.6. The Hall–Kier alpha value is -0.940. The Morgan fingerprint density at radius 1 is 1.60 bits per heavy atom. The third-order valence-electron chi connectivity index (χ3n) is 2.42. The van der Waals surface area contributed by atoms with Gasteiger partial charge in [0, 0.05) is 17.6 Å². The second-order valence-electron chi connectivity index (χ2n) is 3.61. The van der Waals surface area contributed by atoms with Crippen LogP contribution in [0.1, 0.15) is 5.69 Å². The number of rotatable bonds is 2. The number of nitrogens with zero attached hydrogens (tertiary/aromatic N) is 1. The molecule has 0 aromatic carbocycles. The van der Waals surface area contributed by atoms with Crippen molar-refractivity contribution < 1.29 is 4.79 Å². The fraction of sp³-hybridized carbons (Fsp3) is 0.400. The van der Waals surface area contributed by atoms with Crippen LogP contribution >= 0.6 is 15.9 Å². The summed E-state index contributed by atoms with van der Waals surface area (Å²) in [7, 11) is 0. The van der Waals surface area contributed by atoms with Gasteiger partial charge in [-0.1, -0.05) is 0 Å². The lowest BCUT2D eigenvalue weighted by Crippen LogP contribution is -2.48. The molecular formula is C10H12BrN3O. The number of aryl methyl sites for hydroxylation is 1. The number of hydrogen-bond acceptors (Lipinski definition) is 3. The zero-order valence-corrected chi connectivity index (χ0v) is 9.97. The number of pyridine rings is 1. The maximum absolute atomic E-state index is 11.6. The molecule has 0 unspecified atom stereocenters. The minimum atomic E-state index is 0.0444. The van der Waals surface area contributed by atoms with Crippen LogP contribution < -0.4 is 10.6 Å². The monoisotopic (exact) mass is 269 g/mol. The Morgan fingerprint density at radius 2 is 2.33 bits per heavy atom. The van der Waals surface area contributed by atoms with Gasteiger partial charge in [-0.05, 0) is 35.0 Å². The van der Waals surface area contributed by atoms with E-state index in [2.05, 4.69) is 31.5 Å². The van der Waals surface area contributed by atoms with E-state index in [1.807, 2.05) is 13.0 Å². The summed E-state index contributed by atoms with van der Waals surface area (Å²) in [5.74, 6) is 0.756. The molecule has 0 aliphatic carbocycles. The van der Waals surface area contributed by atoms with Crippen molar-refractivity contribution >= 4 is 27.7 Å². The molecule has 2 heterocycles. The highest BCUT2D eigenvalue weighted by atomic mass is 79.9. The van der Waals surface area contributed by atoms with Gasteiger partial charge in [-0.2, -0.15) is 0 Å². The summed E-state index contributed by atoms with van der Waals surface area (Å²) in [4.78, 5) is 15.8. The zero-order valence-electron chi connectivity index (χ0n) is 8.38. The number of nitrogens with one attached hydrogen (secondary N) is 2. The van der Waals surface area contributed by atoms with Gasteiger partial charge in [0.15, 0.2) is 0 Å². The van der Waals surface area contributed by atoms with Crippen molar-refractivity contribution in [3.05, 3.63) is 22.3 Å². The van der Waals surface area contributed by atoms with Gasteiger partial charge in [-0.15, -0.1) is 0 Å². The standard InChI is InChI=1S/C10H12BrN3O/c1-6-8(11)2-3-9(13-6)14-10(15)7-4-12-5-7/h2-3,7,12H,4-5H2,1H3,(H,13,14,15). The average Bonchev–Trinajstić information content (AvgIpc) is 2.08. The zero-order chi connectivity index (χ0) is 10.8. The molecule has 0 radical (unpaired) electrons. The Labute approximate surface area is 96.6 Å². The van der Waals surface area contributed by atoms with E-state index >= 15 is 0 Å². The quantitative estimate of drug-likeness (QED) is 0.852. The number of amides is 1. The van der Waals surface area contributed by atoms with E-state index in [0.29, 0.717) is 5.82 Å². The molecule has 1 aliphatic heterocycles. The van der Waals surface area contributed by atoms with Crippen molar-refractivity contribution in [2.75, 3.05) is 18.4 Å². The highest BCUT2D eigenvalue weighted by molar-refractivity contribution is 9.10. The summed E-state index contributed by atoms with van der Waals surface area (Å²) >= 11 is 3.36. The van der Waals surface area contributed by atoms with Crippen LogP contribution in [0.15, 0.2) is 16.6 Å². The second-order valence-corrected chi connectivity index (χ2v) is 4.46. The van der Waals surface area contributed by atoms with Crippen LogP contribution in [0.5, 0.6) is 0 Å². The molecular weight excluding hydrogens is 258 g/mol. The molecule has 0 bridgehead atoms. The molecule has 0 atom stereocenters. The van der Waals surface area contributed by atoms with Crippen LogP contribution in [0.25, 0.3) is 0 Å². The van der Waals surface area contributed by atoms with Gasteiger partial charge in [0.1, 0.15) is 5.82 Å². The van der Waals surface area contributed by atoms with E-state index in [-0.39, 0.29) is 11.8 Å². The number of anilines is 1. The highest BCUT2D eigenvalue weighted by Gasteiger charge is 2.24. The Kier molecular flexibility index (Phi) is 3.02. The largest absolute Gasteiger partial charge is 0.315 e. The molecule has 1 amide bonds. The van der Waals surface area contributed by atoms with Gasteiger partial charge in [0.25, 0.3) is 0 Å². The molecule has 80 valence electrons. The molecule has 2 N–H and O–H groups in total. The maximum Gasteiger partial charge on any atom is 0.231 e. The van der Waals surface area contributed by atoms with Gasteiger partial charge in [-0.3, -0.25) is 4.79 Å². The summed E-state index contributed by atoms with van der Waals surface area (Å²) in [6, 6.07) is 3.68.